The molecule has 0 aliphatic carbocycles. The fourth-order valence-electron chi connectivity index (χ4n) is 3.57. The SMILES string of the molecule is CCCc1ccc([C@H]([NH2+][C@@H](C)c2nnc(-c3ccc([N+](=O)[O-])cc3)o2)C(C)C)cc1. The zero-order valence-electron chi connectivity index (χ0n) is 17.9. The molecule has 0 fully saturated rings. The molecular formula is C23H29N4O3+. The zero-order chi connectivity index (χ0) is 21.7. The minimum atomic E-state index is -0.430. The van der Waals surface area contributed by atoms with Crippen LogP contribution < -0.4 is 5.32 Å². The summed E-state index contributed by atoms with van der Waals surface area (Å²) in [5.41, 5.74) is 3.34. The van der Waals surface area contributed by atoms with Crippen LogP contribution in [0.5, 0.6) is 0 Å². The largest absolute Gasteiger partial charge is 0.415 e. The Balaban J connectivity index is 1.73. The molecule has 7 nitrogen and oxygen atoms in total. The molecular weight excluding hydrogens is 380 g/mol. The Morgan fingerprint density at radius 3 is 2.27 bits per heavy atom. The number of nitrogens with two attached hydrogens (primary N) is 1. The van der Waals surface area contributed by atoms with Gasteiger partial charge in [0.05, 0.1) is 4.92 Å². The smallest absolute Gasteiger partial charge is 0.274 e. The molecule has 2 atom stereocenters. The first-order valence-corrected chi connectivity index (χ1v) is 10.4. The van der Waals surface area contributed by atoms with Gasteiger partial charge in [-0.25, -0.2) is 0 Å². The summed E-state index contributed by atoms with van der Waals surface area (Å²) in [5.74, 6) is 1.34. The minimum Gasteiger partial charge on any atom is -0.415 e. The van der Waals surface area contributed by atoms with Gasteiger partial charge in [-0.05, 0) is 31.0 Å². The summed E-state index contributed by atoms with van der Waals surface area (Å²) in [4.78, 5) is 10.4. The summed E-state index contributed by atoms with van der Waals surface area (Å²) in [6.45, 7) is 8.66. The van der Waals surface area contributed by atoms with Crippen LogP contribution in [0.25, 0.3) is 11.5 Å². The lowest BCUT2D eigenvalue weighted by Crippen LogP contribution is -2.86. The summed E-state index contributed by atoms with van der Waals surface area (Å²) in [6, 6.07) is 15.2. The summed E-state index contributed by atoms with van der Waals surface area (Å²) >= 11 is 0. The summed E-state index contributed by atoms with van der Waals surface area (Å²) in [7, 11) is 0. The fourth-order valence-corrected chi connectivity index (χ4v) is 3.57. The zero-order valence-corrected chi connectivity index (χ0v) is 17.9. The number of hydrogen-bond acceptors (Lipinski definition) is 5. The quantitative estimate of drug-likeness (QED) is 0.411. The van der Waals surface area contributed by atoms with Crippen molar-refractivity contribution in [2.75, 3.05) is 0 Å². The molecule has 0 saturated carbocycles. The third-order valence-electron chi connectivity index (χ3n) is 5.27. The second-order valence-electron chi connectivity index (χ2n) is 7.99. The number of rotatable bonds is 9. The van der Waals surface area contributed by atoms with Crippen LogP contribution in [0.2, 0.25) is 0 Å². The van der Waals surface area contributed by atoms with Crippen LogP contribution in [0.3, 0.4) is 0 Å². The number of aryl methyl sites for hydroxylation is 1. The van der Waals surface area contributed by atoms with Gasteiger partial charge in [0.2, 0.25) is 5.89 Å². The van der Waals surface area contributed by atoms with E-state index in [2.05, 4.69) is 60.6 Å². The molecule has 0 unspecified atom stereocenters. The molecule has 0 bridgehead atoms. The standard InChI is InChI=1S/C23H28N4O3/c1-5-6-17-7-9-18(10-8-17)21(15(2)3)24-16(4)22-25-26-23(30-22)19-11-13-20(14-12-19)27(28)29/h7-16,21,24H,5-6H2,1-4H3/p+1/t16-,21+/m0/s1. The van der Waals surface area contributed by atoms with Crippen molar-refractivity contribution in [3.8, 4) is 11.5 Å². The molecule has 0 aliphatic heterocycles. The highest BCUT2D eigenvalue weighted by molar-refractivity contribution is 5.55. The highest BCUT2D eigenvalue weighted by atomic mass is 16.6. The molecule has 0 amide bonds. The van der Waals surface area contributed by atoms with E-state index in [-0.39, 0.29) is 17.8 Å². The third kappa shape index (κ3) is 5.10. The van der Waals surface area contributed by atoms with E-state index in [0.717, 1.165) is 12.8 Å². The Hall–Kier alpha value is -3.06. The van der Waals surface area contributed by atoms with E-state index in [1.165, 1.54) is 23.3 Å². The Labute approximate surface area is 176 Å². The van der Waals surface area contributed by atoms with Crippen molar-refractivity contribution >= 4 is 5.69 Å². The molecule has 0 spiro atoms. The van der Waals surface area contributed by atoms with E-state index in [1.807, 2.05) is 6.92 Å². The predicted octanol–water partition coefficient (Wildman–Crippen LogP) is 4.62. The Morgan fingerprint density at radius 2 is 1.70 bits per heavy atom. The number of non-ortho nitro benzene ring substituents is 1. The lowest BCUT2D eigenvalue weighted by atomic mass is 9.94. The second kappa shape index (κ2) is 9.63. The van der Waals surface area contributed by atoms with Crippen LogP contribution in [-0.2, 0) is 6.42 Å². The van der Waals surface area contributed by atoms with E-state index >= 15 is 0 Å². The van der Waals surface area contributed by atoms with E-state index in [0.29, 0.717) is 23.3 Å². The first kappa shape index (κ1) is 21.6. The number of benzene rings is 2. The van der Waals surface area contributed by atoms with E-state index < -0.39 is 4.92 Å². The van der Waals surface area contributed by atoms with Gasteiger partial charge in [0.15, 0.2) is 6.04 Å². The molecule has 1 heterocycles. The molecule has 3 rings (SSSR count). The average molecular weight is 410 g/mol. The van der Waals surface area contributed by atoms with Crippen molar-refractivity contribution in [1.82, 2.24) is 10.2 Å². The highest BCUT2D eigenvalue weighted by Gasteiger charge is 2.26. The molecule has 2 aromatic carbocycles. The van der Waals surface area contributed by atoms with Crippen LogP contribution in [0.15, 0.2) is 52.9 Å². The molecule has 158 valence electrons. The van der Waals surface area contributed by atoms with Crippen LogP contribution in [0.4, 0.5) is 5.69 Å². The Morgan fingerprint density at radius 1 is 1.03 bits per heavy atom. The molecule has 2 N–H and O–H groups in total. The summed E-state index contributed by atoms with van der Waals surface area (Å²) in [5, 5.41) is 21.4. The maximum atomic E-state index is 10.8. The Bertz CT molecular complexity index is 965. The van der Waals surface area contributed by atoms with Gasteiger partial charge >= 0.3 is 0 Å². The van der Waals surface area contributed by atoms with Crippen molar-refractivity contribution < 1.29 is 14.7 Å². The summed E-state index contributed by atoms with van der Waals surface area (Å²) < 4.78 is 5.88. The van der Waals surface area contributed by atoms with E-state index in [9.17, 15) is 10.1 Å². The summed E-state index contributed by atoms with van der Waals surface area (Å²) in [6.07, 6.45) is 2.24. The van der Waals surface area contributed by atoms with Gasteiger partial charge in [0.25, 0.3) is 11.6 Å². The first-order chi connectivity index (χ1) is 14.4. The lowest BCUT2D eigenvalue weighted by molar-refractivity contribution is -0.739. The van der Waals surface area contributed by atoms with Crippen LogP contribution >= 0.6 is 0 Å². The maximum absolute atomic E-state index is 10.8. The lowest BCUT2D eigenvalue weighted by Gasteiger charge is -2.22. The number of nitrogens with zero attached hydrogens (tertiary/aromatic N) is 3. The number of hydrogen-bond donors (Lipinski definition) is 1. The number of quaternary nitrogens is 1. The monoisotopic (exact) mass is 409 g/mol. The van der Waals surface area contributed by atoms with Crippen LogP contribution in [0.1, 0.15) is 63.2 Å². The van der Waals surface area contributed by atoms with Crippen molar-refractivity contribution in [3.05, 3.63) is 75.7 Å². The van der Waals surface area contributed by atoms with Crippen molar-refractivity contribution in [3.63, 3.8) is 0 Å². The predicted molar refractivity (Wildman–Crippen MR) is 115 cm³/mol. The van der Waals surface area contributed by atoms with Gasteiger partial charge in [-0.2, -0.15) is 0 Å². The van der Waals surface area contributed by atoms with Crippen LogP contribution in [0, 0.1) is 16.0 Å². The van der Waals surface area contributed by atoms with Gasteiger partial charge < -0.3 is 9.73 Å². The van der Waals surface area contributed by atoms with Crippen LogP contribution in [-0.4, -0.2) is 15.1 Å². The van der Waals surface area contributed by atoms with Gasteiger partial charge in [0.1, 0.15) is 6.04 Å². The maximum Gasteiger partial charge on any atom is 0.274 e. The van der Waals surface area contributed by atoms with E-state index in [4.69, 9.17) is 4.42 Å². The number of nitro benzene ring substituents is 1. The third-order valence-corrected chi connectivity index (χ3v) is 5.27. The fraction of sp³-hybridized carbons (Fsp3) is 0.391. The molecule has 30 heavy (non-hydrogen) atoms. The van der Waals surface area contributed by atoms with E-state index in [1.54, 1.807) is 12.1 Å². The molecule has 1 aromatic heterocycles. The first-order valence-electron chi connectivity index (χ1n) is 10.4. The molecule has 0 aliphatic rings. The van der Waals surface area contributed by atoms with Gasteiger partial charge in [-0.1, -0.05) is 51.5 Å². The second-order valence-corrected chi connectivity index (χ2v) is 7.99. The van der Waals surface area contributed by atoms with Crippen molar-refractivity contribution in [1.29, 1.82) is 0 Å². The molecule has 7 heteroatoms. The van der Waals surface area contributed by atoms with Crippen molar-refractivity contribution in [2.24, 2.45) is 5.92 Å². The van der Waals surface area contributed by atoms with Crippen molar-refractivity contribution in [2.45, 2.75) is 52.6 Å². The topological polar surface area (TPSA) is 98.7 Å². The molecule has 0 radical (unpaired) electrons. The molecule has 0 saturated heterocycles. The van der Waals surface area contributed by atoms with Gasteiger partial charge in [-0.3, -0.25) is 10.1 Å². The molecule has 3 aromatic rings. The minimum absolute atomic E-state index is 0.0213. The number of nitro groups is 1. The van der Waals surface area contributed by atoms with Gasteiger partial charge in [0, 0.05) is 29.2 Å². The average Bonchev–Trinajstić information content (AvgIpc) is 3.23. The van der Waals surface area contributed by atoms with Gasteiger partial charge in [-0.15, -0.1) is 10.2 Å². The highest BCUT2D eigenvalue weighted by Crippen LogP contribution is 2.24. The number of aromatic nitrogens is 2. The Kier molecular flexibility index (Phi) is 6.95. The normalized spacial score (nSPS) is 13.4.